The fraction of sp³-hybridized carbons (Fsp3) is 0. The standard InChI is InChI=1S/C10H6BrNO3/c11-7-5-6(10(14)15)8-3-1-2-4-12(8)9(7)13/h1-5H,(H,14,15). The molecule has 0 aromatic carbocycles. The predicted octanol–water partition coefficient (Wildman–Crippen LogP) is 1.76. The van der Waals surface area contributed by atoms with Crippen LogP contribution in [0.4, 0.5) is 0 Å². The van der Waals surface area contributed by atoms with Gasteiger partial charge < -0.3 is 5.11 Å². The van der Waals surface area contributed by atoms with E-state index >= 15 is 0 Å². The van der Waals surface area contributed by atoms with Crippen LogP contribution in [0.2, 0.25) is 0 Å². The van der Waals surface area contributed by atoms with Crippen molar-refractivity contribution >= 4 is 27.4 Å². The lowest BCUT2D eigenvalue weighted by molar-refractivity contribution is 0.0698. The van der Waals surface area contributed by atoms with Crippen molar-refractivity contribution in [2.45, 2.75) is 0 Å². The van der Waals surface area contributed by atoms with Crippen LogP contribution in [0.25, 0.3) is 5.52 Å². The molecule has 0 saturated heterocycles. The summed E-state index contributed by atoms with van der Waals surface area (Å²) in [6.45, 7) is 0. The van der Waals surface area contributed by atoms with Crippen LogP contribution in [0, 0.1) is 0 Å². The lowest BCUT2D eigenvalue weighted by Crippen LogP contribution is -2.16. The van der Waals surface area contributed by atoms with Crippen molar-refractivity contribution < 1.29 is 9.90 Å². The van der Waals surface area contributed by atoms with Gasteiger partial charge in [0, 0.05) is 6.20 Å². The molecule has 0 fully saturated rings. The average molecular weight is 268 g/mol. The van der Waals surface area contributed by atoms with Crippen LogP contribution in [-0.4, -0.2) is 15.5 Å². The maximum atomic E-state index is 11.6. The molecular weight excluding hydrogens is 262 g/mol. The summed E-state index contributed by atoms with van der Waals surface area (Å²) < 4.78 is 1.54. The Kier molecular flexibility index (Phi) is 2.32. The first-order valence-corrected chi connectivity index (χ1v) is 4.94. The number of rotatable bonds is 1. The van der Waals surface area contributed by atoms with Crippen molar-refractivity contribution in [2.24, 2.45) is 0 Å². The molecule has 15 heavy (non-hydrogen) atoms. The molecule has 0 aliphatic carbocycles. The number of nitrogens with zero attached hydrogens (tertiary/aromatic N) is 1. The zero-order chi connectivity index (χ0) is 11.0. The van der Waals surface area contributed by atoms with Gasteiger partial charge in [-0.15, -0.1) is 0 Å². The SMILES string of the molecule is O=C(O)c1cc(Br)c(=O)n2ccccc12. The molecule has 0 aliphatic heterocycles. The van der Waals surface area contributed by atoms with E-state index in [1.165, 1.54) is 16.7 Å². The van der Waals surface area contributed by atoms with Gasteiger partial charge in [-0.3, -0.25) is 9.20 Å². The molecule has 4 nitrogen and oxygen atoms in total. The second kappa shape index (κ2) is 3.51. The molecule has 0 unspecified atom stereocenters. The minimum absolute atomic E-state index is 0.0991. The third kappa shape index (κ3) is 1.55. The van der Waals surface area contributed by atoms with Gasteiger partial charge in [-0.1, -0.05) is 6.07 Å². The van der Waals surface area contributed by atoms with Crippen molar-refractivity contribution in [1.29, 1.82) is 0 Å². The van der Waals surface area contributed by atoms with E-state index < -0.39 is 5.97 Å². The molecule has 0 bridgehead atoms. The quantitative estimate of drug-likeness (QED) is 0.857. The number of aromatic carboxylic acids is 1. The zero-order valence-corrected chi connectivity index (χ0v) is 9.06. The summed E-state index contributed by atoms with van der Waals surface area (Å²) in [6.07, 6.45) is 1.54. The Morgan fingerprint density at radius 3 is 2.80 bits per heavy atom. The second-order valence-electron chi connectivity index (χ2n) is 2.97. The van der Waals surface area contributed by atoms with Crippen molar-refractivity contribution in [1.82, 2.24) is 4.40 Å². The van der Waals surface area contributed by atoms with Gasteiger partial charge in [0.15, 0.2) is 0 Å². The van der Waals surface area contributed by atoms with Crippen molar-refractivity contribution in [2.75, 3.05) is 0 Å². The lowest BCUT2D eigenvalue weighted by Gasteiger charge is -2.04. The Bertz CT molecular complexity index is 603. The molecule has 2 aromatic heterocycles. The minimum atomic E-state index is -1.06. The van der Waals surface area contributed by atoms with Gasteiger partial charge in [0.05, 0.1) is 15.6 Å². The van der Waals surface area contributed by atoms with Crippen molar-refractivity contribution in [3.8, 4) is 0 Å². The molecule has 0 spiro atoms. The van der Waals surface area contributed by atoms with E-state index in [1.807, 2.05) is 0 Å². The Hall–Kier alpha value is -1.62. The highest BCUT2D eigenvalue weighted by Gasteiger charge is 2.11. The molecule has 2 heterocycles. The molecule has 0 saturated carbocycles. The molecule has 5 heteroatoms. The molecule has 0 radical (unpaired) electrons. The average Bonchev–Trinajstić information content (AvgIpc) is 2.23. The van der Waals surface area contributed by atoms with E-state index in [-0.39, 0.29) is 15.6 Å². The van der Waals surface area contributed by atoms with Crippen molar-refractivity contribution in [3.05, 3.63) is 50.9 Å². The summed E-state index contributed by atoms with van der Waals surface area (Å²) in [7, 11) is 0. The highest BCUT2D eigenvalue weighted by Crippen LogP contribution is 2.13. The van der Waals surface area contributed by atoms with Crippen LogP contribution in [0.1, 0.15) is 10.4 Å². The van der Waals surface area contributed by atoms with Crippen LogP contribution >= 0.6 is 15.9 Å². The molecule has 2 rings (SSSR count). The van der Waals surface area contributed by atoms with Crippen LogP contribution in [-0.2, 0) is 0 Å². The molecule has 0 atom stereocenters. The van der Waals surface area contributed by atoms with Gasteiger partial charge in [-0.25, -0.2) is 4.79 Å². The van der Waals surface area contributed by atoms with Crippen LogP contribution < -0.4 is 5.56 Å². The van der Waals surface area contributed by atoms with E-state index in [0.717, 1.165) is 0 Å². The van der Waals surface area contributed by atoms with Gasteiger partial charge in [0.1, 0.15) is 0 Å². The number of aromatic nitrogens is 1. The smallest absolute Gasteiger partial charge is 0.337 e. The fourth-order valence-electron chi connectivity index (χ4n) is 1.39. The number of halogens is 1. The molecule has 2 aromatic rings. The topological polar surface area (TPSA) is 58.8 Å². The van der Waals surface area contributed by atoms with Gasteiger partial charge >= 0.3 is 5.97 Å². The van der Waals surface area contributed by atoms with Gasteiger partial charge in [0.2, 0.25) is 0 Å². The molecule has 0 aliphatic rings. The van der Waals surface area contributed by atoms with Crippen LogP contribution in [0.15, 0.2) is 39.7 Å². The second-order valence-corrected chi connectivity index (χ2v) is 3.83. The summed E-state index contributed by atoms with van der Waals surface area (Å²) in [5.74, 6) is -1.06. The first kappa shape index (κ1) is 9.92. The Labute approximate surface area is 92.9 Å². The first-order chi connectivity index (χ1) is 7.11. The van der Waals surface area contributed by atoms with Gasteiger partial charge in [-0.05, 0) is 34.1 Å². The monoisotopic (exact) mass is 267 g/mol. The summed E-state index contributed by atoms with van der Waals surface area (Å²) in [6, 6.07) is 6.28. The van der Waals surface area contributed by atoms with Crippen LogP contribution in [0.5, 0.6) is 0 Å². The highest BCUT2D eigenvalue weighted by molar-refractivity contribution is 9.10. The fourth-order valence-corrected chi connectivity index (χ4v) is 1.81. The minimum Gasteiger partial charge on any atom is -0.478 e. The number of hydrogen-bond acceptors (Lipinski definition) is 2. The van der Waals surface area contributed by atoms with E-state index in [4.69, 9.17) is 5.11 Å². The largest absolute Gasteiger partial charge is 0.478 e. The zero-order valence-electron chi connectivity index (χ0n) is 7.48. The summed E-state index contributed by atoms with van der Waals surface area (Å²) in [5, 5.41) is 8.96. The third-order valence-electron chi connectivity index (χ3n) is 2.06. The number of hydrogen-bond donors (Lipinski definition) is 1. The molecule has 76 valence electrons. The summed E-state index contributed by atoms with van der Waals surface area (Å²) >= 11 is 3.04. The van der Waals surface area contributed by atoms with E-state index in [2.05, 4.69) is 15.9 Å². The number of carbonyl (C=O) groups is 1. The summed E-state index contributed by atoms with van der Waals surface area (Å²) in [4.78, 5) is 22.6. The van der Waals surface area contributed by atoms with E-state index in [0.29, 0.717) is 5.52 Å². The third-order valence-corrected chi connectivity index (χ3v) is 2.63. The number of fused-ring (bicyclic) bond motifs is 1. The Morgan fingerprint density at radius 1 is 1.40 bits per heavy atom. The number of carboxylic acid groups (broad SMARTS) is 1. The van der Waals surface area contributed by atoms with E-state index in [9.17, 15) is 9.59 Å². The van der Waals surface area contributed by atoms with E-state index in [1.54, 1.807) is 18.2 Å². The molecular formula is C10H6BrNO3. The van der Waals surface area contributed by atoms with Gasteiger partial charge in [-0.2, -0.15) is 0 Å². The maximum Gasteiger partial charge on any atom is 0.337 e. The van der Waals surface area contributed by atoms with Crippen LogP contribution in [0.3, 0.4) is 0 Å². The number of carboxylic acids is 1. The van der Waals surface area contributed by atoms with Crippen molar-refractivity contribution in [3.63, 3.8) is 0 Å². The molecule has 1 N–H and O–H groups in total. The molecule has 0 amide bonds. The Balaban J connectivity index is 3.01. The van der Waals surface area contributed by atoms with Gasteiger partial charge in [0.25, 0.3) is 5.56 Å². The predicted molar refractivity (Wildman–Crippen MR) is 58.3 cm³/mol. The first-order valence-electron chi connectivity index (χ1n) is 4.14. The highest BCUT2D eigenvalue weighted by atomic mass is 79.9. The number of pyridine rings is 2. The maximum absolute atomic E-state index is 11.6. The summed E-state index contributed by atoms with van der Waals surface area (Å²) in [5.41, 5.74) is 0.218. The normalized spacial score (nSPS) is 10.5. The lowest BCUT2D eigenvalue weighted by atomic mass is 10.2. The Morgan fingerprint density at radius 2 is 2.13 bits per heavy atom.